The van der Waals surface area contributed by atoms with E-state index in [9.17, 15) is 28.8 Å². The van der Waals surface area contributed by atoms with Crippen LogP contribution in [-0.2, 0) is 46.5 Å². The number of nitrogens with zero attached hydrogens (tertiary/aromatic N) is 1. The normalized spacial score (nSPS) is 15.4. The lowest BCUT2D eigenvalue weighted by Gasteiger charge is -2.39. The zero-order valence-corrected chi connectivity index (χ0v) is 29.4. The zero-order chi connectivity index (χ0) is 36.4. The smallest absolute Gasteiger partial charge is 0.306 e. The van der Waals surface area contributed by atoms with E-state index in [1.165, 1.54) is 4.90 Å². The molecule has 3 aromatic rings. The molecule has 0 bridgehead atoms. The van der Waals surface area contributed by atoms with Crippen molar-refractivity contribution in [3.05, 3.63) is 83.9 Å². The van der Waals surface area contributed by atoms with Crippen molar-refractivity contribution in [2.24, 2.45) is 35.3 Å². The Kier molecular flexibility index (Phi) is 13.4. The second-order valence-electron chi connectivity index (χ2n) is 14.0. The molecule has 266 valence electrons. The van der Waals surface area contributed by atoms with Crippen LogP contribution in [0, 0.1) is 29.6 Å². The van der Waals surface area contributed by atoms with Gasteiger partial charge in [-0.15, -0.1) is 0 Å². The van der Waals surface area contributed by atoms with Gasteiger partial charge < -0.3 is 20.7 Å². The average molecular weight is 684 g/mol. The highest BCUT2D eigenvalue weighted by Gasteiger charge is 2.42. The number of carbonyl (C=O) groups is 6. The topological polar surface area (TPSA) is 153 Å². The number of hydrogen-bond acceptors (Lipinski definition) is 7. The number of ketones is 2. The van der Waals surface area contributed by atoms with Crippen LogP contribution in [-0.4, -0.2) is 59.3 Å². The molecule has 1 saturated heterocycles. The van der Waals surface area contributed by atoms with Crippen molar-refractivity contribution >= 4 is 46.0 Å². The summed E-state index contributed by atoms with van der Waals surface area (Å²) in [5.41, 5.74) is 7.41. The molecule has 10 nitrogen and oxygen atoms in total. The molecule has 1 fully saturated rings. The van der Waals surface area contributed by atoms with Crippen LogP contribution in [0.5, 0.6) is 0 Å². The van der Waals surface area contributed by atoms with Gasteiger partial charge in [0.05, 0.1) is 18.4 Å². The van der Waals surface area contributed by atoms with Gasteiger partial charge in [0.25, 0.3) is 5.91 Å². The molecule has 3 N–H and O–H groups in total. The third-order valence-electron chi connectivity index (χ3n) is 9.56. The number of esters is 1. The van der Waals surface area contributed by atoms with Gasteiger partial charge in [0.15, 0.2) is 0 Å². The molecule has 1 aliphatic rings. The summed E-state index contributed by atoms with van der Waals surface area (Å²) in [5.74, 6) is -5.53. The number of nitrogens with two attached hydrogens (primary N) is 1. The Balaban J connectivity index is 1.33. The van der Waals surface area contributed by atoms with Crippen LogP contribution in [0.25, 0.3) is 10.8 Å². The van der Waals surface area contributed by atoms with E-state index in [4.69, 9.17) is 10.5 Å². The highest BCUT2D eigenvalue weighted by molar-refractivity contribution is 6.38. The van der Waals surface area contributed by atoms with E-state index in [1.807, 2.05) is 93.6 Å². The Labute approximate surface area is 294 Å². The molecular formula is C40H49N3O7. The maximum Gasteiger partial charge on any atom is 0.306 e. The first-order valence-electron chi connectivity index (χ1n) is 17.5. The molecule has 3 aromatic carbocycles. The number of carbonyl (C=O) groups excluding carboxylic acids is 6. The quantitative estimate of drug-likeness (QED) is 0.144. The van der Waals surface area contributed by atoms with E-state index in [0.717, 1.165) is 21.9 Å². The Morgan fingerprint density at radius 2 is 1.50 bits per heavy atom. The summed E-state index contributed by atoms with van der Waals surface area (Å²) in [6.45, 7) is 7.71. The minimum Gasteiger partial charge on any atom is -0.461 e. The fourth-order valence-corrected chi connectivity index (χ4v) is 6.29. The van der Waals surface area contributed by atoms with Crippen LogP contribution < -0.4 is 11.1 Å². The number of likely N-dealkylation sites (tertiary alicyclic amines) is 1. The molecule has 0 radical (unpaired) electrons. The van der Waals surface area contributed by atoms with Gasteiger partial charge in [-0.3, -0.25) is 28.8 Å². The molecular weight excluding hydrogens is 634 g/mol. The third-order valence-corrected chi connectivity index (χ3v) is 9.56. The van der Waals surface area contributed by atoms with Crippen LogP contribution in [0.3, 0.4) is 0 Å². The van der Waals surface area contributed by atoms with Gasteiger partial charge in [0.2, 0.25) is 17.6 Å². The molecule has 1 heterocycles. The van der Waals surface area contributed by atoms with Crippen molar-refractivity contribution < 1.29 is 33.5 Å². The molecule has 0 aliphatic carbocycles. The number of amides is 3. The van der Waals surface area contributed by atoms with E-state index in [0.29, 0.717) is 19.3 Å². The summed E-state index contributed by atoms with van der Waals surface area (Å²) in [7, 11) is 0. The third kappa shape index (κ3) is 10.3. The van der Waals surface area contributed by atoms with Crippen molar-refractivity contribution in [2.45, 2.75) is 72.4 Å². The number of Topliss-reactive ketones (excluding diaryl/α,β-unsaturated/α-hetero) is 2. The van der Waals surface area contributed by atoms with Gasteiger partial charge >= 0.3 is 5.97 Å². The lowest BCUT2D eigenvalue weighted by molar-refractivity contribution is -0.153. The maximum atomic E-state index is 13.5. The molecule has 4 rings (SSSR count). The van der Waals surface area contributed by atoms with Crippen molar-refractivity contribution in [3.63, 3.8) is 0 Å². The Bertz CT molecular complexity index is 1680. The van der Waals surface area contributed by atoms with Crippen LogP contribution in [0.15, 0.2) is 72.8 Å². The zero-order valence-electron chi connectivity index (χ0n) is 29.4. The second-order valence-corrected chi connectivity index (χ2v) is 14.0. The van der Waals surface area contributed by atoms with Gasteiger partial charge in [0, 0.05) is 31.3 Å². The lowest BCUT2D eigenvalue weighted by Crippen LogP contribution is -2.59. The van der Waals surface area contributed by atoms with Crippen molar-refractivity contribution in [1.29, 1.82) is 0 Å². The number of rotatable bonds is 18. The van der Waals surface area contributed by atoms with E-state index < -0.39 is 53.3 Å². The second kappa shape index (κ2) is 17.7. The SMILES string of the molecule is CCC(C)C(NC(=O)C(CC(=O)OCc1ccccc1)CC(C)C)C(=O)C(=O)N1CC(C(=O)CC(Cc2ccc3ccccc3c2)C(N)=O)C1. The predicted molar refractivity (Wildman–Crippen MR) is 190 cm³/mol. The number of hydrogen-bond donors (Lipinski definition) is 2. The van der Waals surface area contributed by atoms with E-state index in [2.05, 4.69) is 5.32 Å². The summed E-state index contributed by atoms with van der Waals surface area (Å²) in [6.07, 6.45) is 1.02. The number of nitrogens with one attached hydrogen (secondary N) is 1. The first-order chi connectivity index (χ1) is 23.9. The van der Waals surface area contributed by atoms with Gasteiger partial charge in [-0.25, -0.2) is 0 Å². The summed E-state index contributed by atoms with van der Waals surface area (Å²) in [5, 5.41) is 4.88. The number of ether oxygens (including phenoxy) is 1. The molecule has 10 heteroatoms. The first kappa shape index (κ1) is 38.0. The van der Waals surface area contributed by atoms with Gasteiger partial charge in [-0.05, 0) is 46.6 Å². The van der Waals surface area contributed by atoms with E-state index in [-0.39, 0.29) is 50.2 Å². The van der Waals surface area contributed by atoms with Gasteiger partial charge in [-0.2, -0.15) is 0 Å². The molecule has 1 aliphatic heterocycles. The minimum absolute atomic E-state index is 0.0509. The molecule has 50 heavy (non-hydrogen) atoms. The van der Waals surface area contributed by atoms with Crippen LogP contribution in [0.4, 0.5) is 0 Å². The van der Waals surface area contributed by atoms with Crippen molar-refractivity contribution in [2.75, 3.05) is 13.1 Å². The highest BCUT2D eigenvalue weighted by Crippen LogP contribution is 2.25. The molecule has 3 amide bonds. The maximum absolute atomic E-state index is 13.5. The predicted octanol–water partition coefficient (Wildman–Crippen LogP) is 4.80. The molecule has 0 aromatic heterocycles. The fraction of sp³-hybridized carbons (Fsp3) is 0.450. The van der Waals surface area contributed by atoms with Crippen LogP contribution in [0.1, 0.15) is 64.5 Å². The van der Waals surface area contributed by atoms with Crippen LogP contribution >= 0.6 is 0 Å². The fourth-order valence-electron chi connectivity index (χ4n) is 6.29. The average Bonchev–Trinajstić information content (AvgIpc) is 3.07. The highest BCUT2D eigenvalue weighted by atomic mass is 16.5. The number of primary amides is 1. The monoisotopic (exact) mass is 683 g/mol. The molecule has 0 spiro atoms. The standard InChI is InChI=1S/C40H49N3O7/c1-5-26(4)36(42-39(48)32(17-25(2)3)21-35(45)50-24-27-11-7-6-8-12-27)37(46)40(49)43-22-33(23-43)34(44)20-31(38(41)47)19-28-15-16-29-13-9-10-14-30(29)18-28/h6-16,18,25-26,31-33,36H,5,17,19-24H2,1-4H3,(H2,41,47)(H,42,48). The molecule has 4 atom stereocenters. The van der Waals surface area contributed by atoms with Crippen LogP contribution in [0.2, 0.25) is 0 Å². The van der Waals surface area contributed by atoms with Gasteiger partial charge in [0.1, 0.15) is 12.4 Å². The Morgan fingerprint density at radius 1 is 0.840 bits per heavy atom. The number of fused-ring (bicyclic) bond motifs is 1. The van der Waals surface area contributed by atoms with E-state index >= 15 is 0 Å². The summed E-state index contributed by atoms with van der Waals surface area (Å²) < 4.78 is 5.41. The Morgan fingerprint density at radius 3 is 2.14 bits per heavy atom. The van der Waals surface area contributed by atoms with Crippen molar-refractivity contribution in [1.82, 2.24) is 10.2 Å². The summed E-state index contributed by atoms with van der Waals surface area (Å²) >= 11 is 0. The van der Waals surface area contributed by atoms with E-state index in [1.54, 1.807) is 6.92 Å². The number of benzene rings is 3. The summed E-state index contributed by atoms with van der Waals surface area (Å²) in [4.78, 5) is 79.9. The van der Waals surface area contributed by atoms with Crippen molar-refractivity contribution in [3.8, 4) is 0 Å². The Hall–Kier alpha value is -4.86. The summed E-state index contributed by atoms with van der Waals surface area (Å²) in [6, 6.07) is 21.9. The minimum atomic E-state index is -1.09. The molecule has 4 unspecified atom stereocenters. The van der Waals surface area contributed by atoms with Gasteiger partial charge in [-0.1, -0.05) is 107 Å². The largest absolute Gasteiger partial charge is 0.461 e. The lowest BCUT2D eigenvalue weighted by atomic mass is 9.85. The first-order valence-corrected chi connectivity index (χ1v) is 17.5. The molecule has 0 saturated carbocycles.